The number of aromatic nitrogens is 3. The summed E-state index contributed by atoms with van der Waals surface area (Å²) in [4.78, 5) is 7.00. The van der Waals surface area contributed by atoms with Crippen molar-refractivity contribution in [2.24, 2.45) is 5.10 Å². The minimum Gasteiger partial charge on any atom is -0.497 e. The molecule has 2 aromatic heterocycles. The van der Waals surface area contributed by atoms with Gasteiger partial charge in [-0.1, -0.05) is 42.5 Å². The maximum Gasteiger partial charge on any atom is 0.160 e. The summed E-state index contributed by atoms with van der Waals surface area (Å²) in [6, 6.07) is 21.8. The first kappa shape index (κ1) is 20.0. The number of hydrogen-bond acceptors (Lipinski definition) is 7. The van der Waals surface area contributed by atoms with Crippen LogP contribution in [0.25, 0.3) is 16.9 Å². The molecule has 32 heavy (non-hydrogen) atoms. The van der Waals surface area contributed by atoms with Crippen molar-refractivity contribution in [3.05, 3.63) is 72.3 Å². The summed E-state index contributed by atoms with van der Waals surface area (Å²) < 4.78 is 12.7. The summed E-state index contributed by atoms with van der Waals surface area (Å²) >= 11 is 0. The highest BCUT2D eigenvalue weighted by atomic mass is 16.5. The van der Waals surface area contributed by atoms with Gasteiger partial charge in [0.25, 0.3) is 0 Å². The largest absolute Gasteiger partial charge is 0.497 e. The van der Waals surface area contributed by atoms with Gasteiger partial charge in [0, 0.05) is 30.8 Å². The van der Waals surface area contributed by atoms with Crippen molar-refractivity contribution in [3.63, 3.8) is 0 Å². The van der Waals surface area contributed by atoms with E-state index < -0.39 is 0 Å². The van der Waals surface area contributed by atoms with Crippen LogP contribution in [0.1, 0.15) is 5.56 Å². The van der Waals surface area contributed by atoms with Gasteiger partial charge in [-0.3, -0.25) is 5.43 Å². The molecular formula is C24H24N6O2. The van der Waals surface area contributed by atoms with Gasteiger partial charge in [0.2, 0.25) is 0 Å². The van der Waals surface area contributed by atoms with Gasteiger partial charge in [-0.05, 0) is 17.7 Å². The van der Waals surface area contributed by atoms with Crippen molar-refractivity contribution in [1.82, 2.24) is 14.6 Å². The van der Waals surface area contributed by atoms with E-state index in [2.05, 4.69) is 15.4 Å². The van der Waals surface area contributed by atoms with Crippen LogP contribution in [-0.2, 0) is 4.74 Å². The normalized spacial score (nSPS) is 14.2. The number of fused-ring (bicyclic) bond motifs is 1. The van der Waals surface area contributed by atoms with E-state index in [4.69, 9.17) is 19.6 Å². The topological polar surface area (TPSA) is 76.3 Å². The molecule has 1 N–H and O–H groups in total. The molecule has 1 aliphatic rings. The Bertz CT molecular complexity index is 1230. The van der Waals surface area contributed by atoms with Crippen LogP contribution in [0, 0.1) is 0 Å². The number of hydrazone groups is 1. The predicted molar refractivity (Wildman–Crippen MR) is 126 cm³/mol. The summed E-state index contributed by atoms with van der Waals surface area (Å²) in [6.45, 7) is 2.97. The molecule has 162 valence electrons. The van der Waals surface area contributed by atoms with Gasteiger partial charge in [0.1, 0.15) is 11.6 Å². The molecule has 4 aromatic rings. The number of nitrogens with one attached hydrogen (secondary N) is 1. The summed E-state index contributed by atoms with van der Waals surface area (Å²) in [5.74, 6) is 2.40. The highest BCUT2D eigenvalue weighted by molar-refractivity contribution is 5.81. The summed E-state index contributed by atoms with van der Waals surface area (Å²) in [5.41, 5.74) is 6.69. The van der Waals surface area contributed by atoms with Crippen LogP contribution in [-0.4, -0.2) is 54.2 Å². The Morgan fingerprint density at radius 3 is 2.69 bits per heavy atom. The van der Waals surface area contributed by atoms with Gasteiger partial charge < -0.3 is 14.4 Å². The van der Waals surface area contributed by atoms with Crippen LogP contribution in [0.3, 0.4) is 0 Å². The third-order valence-corrected chi connectivity index (χ3v) is 5.30. The molecule has 8 heteroatoms. The van der Waals surface area contributed by atoms with E-state index in [9.17, 15) is 0 Å². The Labute approximate surface area is 186 Å². The second-order valence-corrected chi connectivity index (χ2v) is 7.41. The molecule has 2 aromatic carbocycles. The van der Waals surface area contributed by atoms with Crippen molar-refractivity contribution in [2.75, 3.05) is 43.7 Å². The van der Waals surface area contributed by atoms with E-state index in [0.717, 1.165) is 47.1 Å². The molecule has 0 saturated carbocycles. The number of rotatable bonds is 6. The van der Waals surface area contributed by atoms with Gasteiger partial charge in [-0.15, -0.1) is 0 Å². The molecule has 0 amide bonds. The van der Waals surface area contributed by atoms with E-state index in [1.54, 1.807) is 13.3 Å². The summed E-state index contributed by atoms with van der Waals surface area (Å²) in [6.07, 6.45) is 1.74. The molecule has 0 radical (unpaired) electrons. The molecule has 3 heterocycles. The van der Waals surface area contributed by atoms with E-state index in [0.29, 0.717) is 19.0 Å². The maximum atomic E-state index is 5.53. The number of ether oxygens (including phenoxy) is 2. The molecular weight excluding hydrogens is 404 g/mol. The first-order chi connectivity index (χ1) is 15.8. The van der Waals surface area contributed by atoms with E-state index in [-0.39, 0.29) is 0 Å². The monoisotopic (exact) mass is 428 g/mol. The minimum absolute atomic E-state index is 0.651. The first-order valence-corrected chi connectivity index (χ1v) is 10.5. The Balaban J connectivity index is 1.48. The molecule has 5 rings (SSSR count). The SMILES string of the molecule is COc1cccc(C=NNc2cc(N3CCOCC3)n3nc(-c4ccccc4)cc3n2)c1. The zero-order chi connectivity index (χ0) is 21.8. The molecule has 0 bridgehead atoms. The fraction of sp³-hybridized carbons (Fsp3) is 0.208. The molecule has 0 aliphatic carbocycles. The van der Waals surface area contributed by atoms with Crippen LogP contribution in [0.4, 0.5) is 11.6 Å². The lowest BCUT2D eigenvalue weighted by Gasteiger charge is -2.29. The lowest BCUT2D eigenvalue weighted by Crippen LogP contribution is -2.37. The molecule has 1 fully saturated rings. The van der Waals surface area contributed by atoms with Crippen LogP contribution in [0.2, 0.25) is 0 Å². The zero-order valence-electron chi connectivity index (χ0n) is 17.8. The summed E-state index contributed by atoms with van der Waals surface area (Å²) in [5, 5.41) is 9.22. The van der Waals surface area contributed by atoms with Gasteiger partial charge in [-0.25, -0.2) is 4.98 Å². The zero-order valence-corrected chi connectivity index (χ0v) is 17.8. The average molecular weight is 428 g/mol. The predicted octanol–water partition coefficient (Wildman–Crippen LogP) is 3.69. The minimum atomic E-state index is 0.651. The lowest BCUT2D eigenvalue weighted by atomic mass is 10.2. The molecule has 1 aliphatic heterocycles. The van der Waals surface area contributed by atoms with Gasteiger partial charge in [-0.2, -0.15) is 14.7 Å². The fourth-order valence-electron chi connectivity index (χ4n) is 3.68. The van der Waals surface area contributed by atoms with Crippen LogP contribution in [0.5, 0.6) is 5.75 Å². The van der Waals surface area contributed by atoms with Crippen molar-refractivity contribution < 1.29 is 9.47 Å². The number of hydrogen-bond donors (Lipinski definition) is 1. The summed E-state index contributed by atoms with van der Waals surface area (Å²) in [7, 11) is 1.65. The van der Waals surface area contributed by atoms with Crippen LogP contribution in [0.15, 0.2) is 71.8 Å². The van der Waals surface area contributed by atoms with Crippen LogP contribution < -0.4 is 15.1 Å². The van der Waals surface area contributed by atoms with E-state index in [1.807, 2.05) is 71.2 Å². The quantitative estimate of drug-likeness (QED) is 0.373. The van der Waals surface area contributed by atoms with Crippen molar-refractivity contribution in [2.45, 2.75) is 0 Å². The van der Waals surface area contributed by atoms with E-state index in [1.165, 1.54) is 0 Å². The van der Waals surface area contributed by atoms with Gasteiger partial charge in [0.15, 0.2) is 11.5 Å². The number of anilines is 2. The Kier molecular flexibility index (Phi) is 5.67. The van der Waals surface area contributed by atoms with Crippen molar-refractivity contribution >= 4 is 23.5 Å². The number of benzene rings is 2. The van der Waals surface area contributed by atoms with Gasteiger partial charge in [0.05, 0.1) is 32.2 Å². The fourth-order valence-corrected chi connectivity index (χ4v) is 3.68. The maximum absolute atomic E-state index is 5.53. The second kappa shape index (κ2) is 9.07. The Morgan fingerprint density at radius 1 is 1.03 bits per heavy atom. The second-order valence-electron chi connectivity index (χ2n) is 7.41. The molecule has 1 saturated heterocycles. The number of nitrogens with zero attached hydrogens (tertiary/aromatic N) is 5. The third kappa shape index (κ3) is 4.26. The van der Waals surface area contributed by atoms with Crippen molar-refractivity contribution in [1.29, 1.82) is 0 Å². The van der Waals surface area contributed by atoms with E-state index >= 15 is 0 Å². The highest BCUT2D eigenvalue weighted by Crippen LogP contribution is 2.25. The number of methoxy groups -OCH3 is 1. The Morgan fingerprint density at radius 2 is 1.88 bits per heavy atom. The third-order valence-electron chi connectivity index (χ3n) is 5.30. The van der Waals surface area contributed by atoms with Gasteiger partial charge >= 0.3 is 0 Å². The molecule has 0 unspecified atom stereocenters. The molecule has 0 spiro atoms. The van der Waals surface area contributed by atoms with Crippen LogP contribution >= 0.6 is 0 Å². The smallest absolute Gasteiger partial charge is 0.160 e. The standard InChI is InChI=1S/C24H24N6O2/c1-31-20-9-5-6-18(14-20)17-25-27-22-16-24(29-10-12-32-13-11-29)30-23(26-22)15-21(28-30)19-7-3-2-4-8-19/h2-9,14-17H,10-13H2,1H3,(H,26,27). The Hall–Kier alpha value is -3.91. The average Bonchev–Trinajstić information content (AvgIpc) is 3.29. The highest BCUT2D eigenvalue weighted by Gasteiger charge is 2.18. The lowest BCUT2D eigenvalue weighted by molar-refractivity contribution is 0.122. The first-order valence-electron chi connectivity index (χ1n) is 10.5. The number of morpholine rings is 1. The molecule has 8 nitrogen and oxygen atoms in total. The molecule has 0 atom stereocenters. The van der Waals surface area contributed by atoms with Crippen molar-refractivity contribution in [3.8, 4) is 17.0 Å².